The first-order valence-electron chi connectivity index (χ1n) is 5.46. The van der Waals surface area contributed by atoms with E-state index in [1.165, 1.54) is 4.90 Å². The van der Waals surface area contributed by atoms with Crippen molar-refractivity contribution >= 4 is 17.7 Å². The van der Waals surface area contributed by atoms with Crippen LogP contribution in [0.15, 0.2) is 24.3 Å². The Hall–Kier alpha value is -1.22. The van der Waals surface area contributed by atoms with Gasteiger partial charge in [-0.3, -0.25) is 0 Å². The highest BCUT2D eigenvalue weighted by atomic mass is 35.5. The van der Waals surface area contributed by atoms with E-state index in [0.717, 1.165) is 5.56 Å². The summed E-state index contributed by atoms with van der Waals surface area (Å²) in [5, 5.41) is 0.689. The van der Waals surface area contributed by atoms with Gasteiger partial charge in [-0.25, -0.2) is 4.79 Å². The Morgan fingerprint density at radius 3 is 2.29 bits per heavy atom. The van der Waals surface area contributed by atoms with E-state index in [0.29, 0.717) is 11.6 Å². The lowest BCUT2D eigenvalue weighted by Crippen LogP contribution is -2.33. The highest BCUT2D eigenvalue weighted by Crippen LogP contribution is 2.13. The first-order chi connectivity index (χ1) is 7.78. The minimum atomic E-state index is -0.467. The number of ether oxygens (including phenoxy) is 1. The van der Waals surface area contributed by atoms with Crippen molar-refractivity contribution in [2.45, 2.75) is 32.9 Å². The minimum absolute atomic E-state index is 0.326. The Bertz CT molecular complexity index is 381. The van der Waals surface area contributed by atoms with Crippen molar-refractivity contribution in [1.82, 2.24) is 4.90 Å². The number of hydrogen-bond acceptors (Lipinski definition) is 2. The van der Waals surface area contributed by atoms with E-state index in [-0.39, 0.29) is 6.09 Å². The van der Waals surface area contributed by atoms with Crippen molar-refractivity contribution in [3.8, 4) is 0 Å². The third-order valence-electron chi connectivity index (χ3n) is 2.04. The molecular weight excluding hydrogens is 238 g/mol. The Balaban J connectivity index is 2.57. The molecule has 0 aromatic heterocycles. The van der Waals surface area contributed by atoms with Crippen LogP contribution in [0.25, 0.3) is 0 Å². The van der Waals surface area contributed by atoms with Gasteiger partial charge in [0.2, 0.25) is 0 Å². The Morgan fingerprint density at radius 1 is 1.29 bits per heavy atom. The summed E-state index contributed by atoms with van der Waals surface area (Å²) in [6.07, 6.45) is -0.326. The molecule has 17 heavy (non-hydrogen) atoms. The normalized spacial score (nSPS) is 11.1. The molecule has 0 aliphatic carbocycles. The zero-order chi connectivity index (χ0) is 13.1. The molecule has 94 valence electrons. The molecule has 1 aromatic rings. The molecule has 0 heterocycles. The minimum Gasteiger partial charge on any atom is -0.444 e. The van der Waals surface area contributed by atoms with Gasteiger partial charge in [-0.2, -0.15) is 0 Å². The predicted molar refractivity (Wildman–Crippen MR) is 69.2 cm³/mol. The van der Waals surface area contributed by atoms with E-state index in [9.17, 15) is 4.79 Å². The number of hydrogen-bond donors (Lipinski definition) is 0. The molecule has 0 unspecified atom stereocenters. The molecule has 0 radical (unpaired) electrons. The first kappa shape index (κ1) is 13.8. The molecule has 0 aliphatic rings. The molecule has 0 spiro atoms. The van der Waals surface area contributed by atoms with Crippen LogP contribution in [-0.2, 0) is 11.3 Å². The van der Waals surface area contributed by atoms with Crippen LogP contribution in [0.2, 0.25) is 5.02 Å². The molecule has 0 aliphatic heterocycles. The van der Waals surface area contributed by atoms with Crippen LogP contribution < -0.4 is 0 Å². The maximum absolute atomic E-state index is 11.7. The van der Waals surface area contributed by atoms with Crippen molar-refractivity contribution in [2.24, 2.45) is 0 Å². The molecule has 0 atom stereocenters. The lowest BCUT2D eigenvalue weighted by Gasteiger charge is -2.24. The molecule has 1 aromatic carbocycles. The van der Waals surface area contributed by atoms with Gasteiger partial charge in [-0.15, -0.1) is 0 Å². The van der Waals surface area contributed by atoms with E-state index >= 15 is 0 Å². The molecular formula is C13H18ClNO2. The van der Waals surface area contributed by atoms with Crippen molar-refractivity contribution in [3.63, 3.8) is 0 Å². The second-order valence-electron chi connectivity index (χ2n) is 4.96. The molecule has 0 fully saturated rings. The summed E-state index contributed by atoms with van der Waals surface area (Å²) in [6.45, 7) is 6.05. The van der Waals surface area contributed by atoms with Crippen molar-refractivity contribution < 1.29 is 9.53 Å². The zero-order valence-corrected chi connectivity index (χ0v) is 11.4. The molecule has 4 heteroatoms. The van der Waals surface area contributed by atoms with Gasteiger partial charge in [0.05, 0.1) is 0 Å². The van der Waals surface area contributed by atoms with Gasteiger partial charge in [-0.05, 0) is 38.5 Å². The number of carbonyl (C=O) groups is 1. The SMILES string of the molecule is CN(Cc1ccc(Cl)cc1)C(=O)OC(C)(C)C. The fraction of sp³-hybridized carbons (Fsp3) is 0.462. The van der Waals surface area contributed by atoms with Gasteiger partial charge >= 0.3 is 6.09 Å². The first-order valence-corrected chi connectivity index (χ1v) is 5.84. The van der Waals surface area contributed by atoms with Crippen LogP contribution in [-0.4, -0.2) is 23.6 Å². The van der Waals surface area contributed by atoms with Gasteiger partial charge in [0, 0.05) is 18.6 Å². The van der Waals surface area contributed by atoms with Crippen molar-refractivity contribution in [3.05, 3.63) is 34.9 Å². The summed E-state index contributed by atoms with van der Waals surface area (Å²) in [5.41, 5.74) is 0.550. The number of rotatable bonds is 2. The van der Waals surface area contributed by atoms with Crippen molar-refractivity contribution in [2.75, 3.05) is 7.05 Å². The fourth-order valence-electron chi connectivity index (χ4n) is 1.27. The van der Waals surface area contributed by atoms with Crippen LogP contribution in [0.1, 0.15) is 26.3 Å². The second-order valence-corrected chi connectivity index (χ2v) is 5.40. The third-order valence-corrected chi connectivity index (χ3v) is 2.29. The van der Waals surface area contributed by atoms with Gasteiger partial charge in [0.15, 0.2) is 0 Å². The average molecular weight is 256 g/mol. The topological polar surface area (TPSA) is 29.5 Å². The molecule has 0 saturated heterocycles. The smallest absolute Gasteiger partial charge is 0.410 e. The van der Waals surface area contributed by atoms with Crippen LogP contribution in [0.4, 0.5) is 4.79 Å². The van der Waals surface area contributed by atoms with E-state index in [1.807, 2.05) is 32.9 Å². The Labute approximate surface area is 107 Å². The van der Waals surface area contributed by atoms with E-state index in [4.69, 9.17) is 16.3 Å². The lowest BCUT2D eigenvalue weighted by atomic mass is 10.2. The Morgan fingerprint density at radius 2 is 1.82 bits per heavy atom. The highest BCUT2D eigenvalue weighted by molar-refractivity contribution is 6.30. The summed E-state index contributed by atoms with van der Waals surface area (Å²) >= 11 is 5.79. The number of halogens is 1. The quantitative estimate of drug-likeness (QED) is 0.806. The fourth-order valence-corrected chi connectivity index (χ4v) is 1.39. The summed E-state index contributed by atoms with van der Waals surface area (Å²) in [5.74, 6) is 0. The zero-order valence-electron chi connectivity index (χ0n) is 10.7. The Kier molecular flexibility index (Phi) is 4.40. The molecule has 0 N–H and O–H groups in total. The summed E-state index contributed by atoms with van der Waals surface area (Å²) in [4.78, 5) is 13.2. The average Bonchev–Trinajstić information content (AvgIpc) is 2.19. The largest absolute Gasteiger partial charge is 0.444 e. The maximum atomic E-state index is 11.7. The van der Waals surface area contributed by atoms with Crippen LogP contribution in [0.3, 0.4) is 0 Å². The number of amides is 1. The van der Waals surface area contributed by atoms with Crippen molar-refractivity contribution in [1.29, 1.82) is 0 Å². The van der Waals surface area contributed by atoms with E-state index < -0.39 is 5.60 Å². The molecule has 0 saturated carbocycles. The maximum Gasteiger partial charge on any atom is 0.410 e. The van der Waals surface area contributed by atoms with Crippen LogP contribution in [0.5, 0.6) is 0 Å². The third kappa shape index (κ3) is 5.09. The number of nitrogens with zero attached hydrogens (tertiary/aromatic N) is 1. The highest BCUT2D eigenvalue weighted by Gasteiger charge is 2.19. The van der Waals surface area contributed by atoms with Gasteiger partial charge in [0.1, 0.15) is 5.60 Å². The summed E-state index contributed by atoms with van der Waals surface area (Å²) in [7, 11) is 1.71. The van der Waals surface area contributed by atoms with Crippen LogP contribution in [0, 0.1) is 0 Å². The number of benzene rings is 1. The predicted octanol–water partition coefficient (Wildman–Crippen LogP) is 3.71. The molecule has 0 bridgehead atoms. The second kappa shape index (κ2) is 5.41. The lowest BCUT2D eigenvalue weighted by molar-refractivity contribution is 0.0285. The summed E-state index contributed by atoms with van der Waals surface area (Å²) < 4.78 is 5.26. The van der Waals surface area contributed by atoms with E-state index in [2.05, 4.69) is 0 Å². The number of carbonyl (C=O) groups excluding carboxylic acids is 1. The molecule has 1 amide bonds. The van der Waals surface area contributed by atoms with Gasteiger partial charge in [-0.1, -0.05) is 23.7 Å². The van der Waals surface area contributed by atoms with Gasteiger partial charge < -0.3 is 9.64 Å². The molecule has 1 rings (SSSR count). The van der Waals surface area contributed by atoms with E-state index in [1.54, 1.807) is 19.2 Å². The van der Waals surface area contributed by atoms with Crippen LogP contribution >= 0.6 is 11.6 Å². The van der Waals surface area contributed by atoms with Gasteiger partial charge in [0.25, 0.3) is 0 Å². The molecule has 3 nitrogen and oxygen atoms in total. The standard InChI is InChI=1S/C13H18ClNO2/c1-13(2,3)17-12(16)15(4)9-10-5-7-11(14)8-6-10/h5-8H,9H2,1-4H3. The monoisotopic (exact) mass is 255 g/mol. The summed E-state index contributed by atoms with van der Waals surface area (Å²) in [6, 6.07) is 7.39.